The van der Waals surface area contributed by atoms with Crippen LogP contribution in [0, 0.1) is 0 Å². The van der Waals surface area contributed by atoms with Gasteiger partial charge in [0, 0.05) is 0 Å². The van der Waals surface area contributed by atoms with Crippen LogP contribution in [-0.4, -0.2) is 12.2 Å². The normalized spacial score (nSPS) is 11.7. The van der Waals surface area contributed by atoms with Gasteiger partial charge in [0.1, 0.15) is 9.51 Å². The van der Waals surface area contributed by atoms with Crippen LogP contribution in [-0.2, 0) is 16.5 Å². The van der Waals surface area contributed by atoms with Crippen molar-refractivity contribution in [2.75, 3.05) is 3.76 Å². The topological polar surface area (TPSA) is 43.4 Å². The molecule has 0 amide bonds. The second-order valence-corrected chi connectivity index (χ2v) is 11.8. The molecule has 0 aliphatic rings. The SMILES string of the molecule is CCCCCCCCCCCCCCCCCCc1ccccc1OS(=O)(=O)CI. The summed E-state index contributed by atoms with van der Waals surface area (Å²) in [4.78, 5) is 0. The Morgan fingerprint density at radius 2 is 1.13 bits per heavy atom. The molecule has 0 N–H and O–H groups in total. The minimum atomic E-state index is -3.47. The number of hydrogen-bond acceptors (Lipinski definition) is 3. The lowest BCUT2D eigenvalue weighted by Gasteiger charge is -2.10. The summed E-state index contributed by atoms with van der Waals surface area (Å²) in [6, 6.07) is 7.51. The van der Waals surface area contributed by atoms with E-state index in [-0.39, 0.29) is 3.76 Å². The average molecular weight is 551 g/mol. The van der Waals surface area contributed by atoms with Crippen molar-refractivity contribution in [1.82, 2.24) is 0 Å². The zero-order valence-electron chi connectivity index (χ0n) is 19.0. The van der Waals surface area contributed by atoms with Crippen molar-refractivity contribution in [2.45, 2.75) is 116 Å². The van der Waals surface area contributed by atoms with Crippen molar-refractivity contribution in [3.8, 4) is 5.75 Å². The number of alkyl halides is 1. The van der Waals surface area contributed by atoms with Gasteiger partial charge < -0.3 is 4.18 Å². The van der Waals surface area contributed by atoms with E-state index in [1.807, 2.05) is 40.8 Å². The van der Waals surface area contributed by atoms with Crippen LogP contribution in [0.15, 0.2) is 24.3 Å². The molecule has 1 rings (SSSR count). The molecular formula is C25H43IO3S. The van der Waals surface area contributed by atoms with Crippen LogP contribution < -0.4 is 4.18 Å². The molecular weight excluding hydrogens is 507 g/mol. The molecule has 0 aliphatic heterocycles. The van der Waals surface area contributed by atoms with Crippen LogP contribution >= 0.6 is 22.6 Å². The lowest BCUT2D eigenvalue weighted by atomic mass is 10.0. The van der Waals surface area contributed by atoms with Crippen LogP contribution in [0.3, 0.4) is 0 Å². The quantitative estimate of drug-likeness (QED) is 0.0707. The average Bonchev–Trinajstić information content (AvgIpc) is 2.74. The van der Waals surface area contributed by atoms with Gasteiger partial charge in [-0.3, -0.25) is 0 Å². The monoisotopic (exact) mass is 550 g/mol. The van der Waals surface area contributed by atoms with Gasteiger partial charge in [0.05, 0.1) is 0 Å². The van der Waals surface area contributed by atoms with Crippen LogP contribution in [0.2, 0.25) is 0 Å². The van der Waals surface area contributed by atoms with E-state index in [1.54, 1.807) is 6.07 Å². The van der Waals surface area contributed by atoms with Crippen LogP contribution in [0.5, 0.6) is 5.75 Å². The summed E-state index contributed by atoms with van der Waals surface area (Å²) in [7, 11) is -3.47. The van der Waals surface area contributed by atoms with Gasteiger partial charge in [-0.25, -0.2) is 0 Å². The van der Waals surface area contributed by atoms with Crippen LogP contribution in [0.25, 0.3) is 0 Å². The van der Waals surface area contributed by atoms with Gasteiger partial charge in [-0.1, -0.05) is 144 Å². The summed E-state index contributed by atoms with van der Waals surface area (Å²) in [5.41, 5.74) is 0.997. The molecule has 0 atom stereocenters. The Labute approximate surface area is 200 Å². The molecule has 0 radical (unpaired) electrons. The van der Waals surface area contributed by atoms with Gasteiger partial charge in [-0.15, -0.1) is 0 Å². The zero-order chi connectivity index (χ0) is 21.9. The largest absolute Gasteiger partial charge is 0.382 e. The molecule has 0 unspecified atom stereocenters. The molecule has 5 heteroatoms. The third-order valence-corrected chi connectivity index (χ3v) is 8.61. The highest BCUT2D eigenvalue weighted by atomic mass is 127. The Kier molecular flexibility index (Phi) is 16.9. The van der Waals surface area contributed by atoms with Crippen molar-refractivity contribution < 1.29 is 12.6 Å². The Morgan fingerprint density at radius 3 is 1.60 bits per heavy atom. The fourth-order valence-electron chi connectivity index (χ4n) is 3.81. The maximum Gasteiger partial charge on any atom is 0.318 e. The molecule has 0 aliphatic carbocycles. The van der Waals surface area contributed by atoms with Crippen molar-refractivity contribution in [3.63, 3.8) is 0 Å². The first-order valence-electron chi connectivity index (χ1n) is 12.1. The van der Waals surface area contributed by atoms with E-state index in [4.69, 9.17) is 4.18 Å². The number of aryl methyl sites for hydroxylation is 1. The van der Waals surface area contributed by atoms with E-state index in [0.717, 1.165) is 18.4 Å². The summed E-state index contributed by atoms with van der Waals surface area (Å²) < 4.78 is 28.6. The first-order chi connectivity index (χ1) is 14.6. The van der Waals surface area contributed by atoms with E-state index >= 15 is 0 Å². The van der Waals surface area contributed by atoms with E-state index in [9.17, 15) is 8.42 Å². The fraction of sp³-hybridized carbons (Fsp3) is 0.760. The first kappa shape index (κ1) is 27.7. The summed E-state index contributed by atoms with van der Waals surface area (Å²) in [6.45, 7) is 2.28. The highest BCUT2D eigenvalue weighted by Crippen LogP contribution is 2.23. The lowest BCUT2D eigenvalue weighted by Crippen LogP contribution is -2.11. The molecule has 1 aromatic carbocycles. The summed E-state index contributed by atoms with van der Waals surface area (Å²) in [6.07, 6.45) is 22.6. The van der Waals surface area contributed by atoms with Gasteiger partial charge in [-0.2, -0.15) is 8.42 Å². The molecule has 30 heavy (non-hydrogen) atoms. The molecule has 0 saturated heterocycles. The van der Waals surface area contributed by atoms with E-state index in [0.29, 0.717) is 5.75 Å². The molecule has 0 heterocycles. The number of para-hydroxylation sites is 1. The molecule has 174 valence electrons. The number of rotatable bonds is 20. The van der Waals surface area contributed by atoms with Gasteiger partial charge in [0.25, 0.3) is 0 Å². The number of hydrogen-bond donors (Lipinski definition) is 0. The Hall–Kier alpha value is -0.300. The standard InChI is InChI=1S/C25H43IO3S/c1-2-3-4-5-6-7-8-9-10-11-12-13-14-15-16-17-20-24-21-18-19-22-25(24)29-30(27,28)23-26/h18-19,21-22H,2-17,20,23H2,1H3. The van der Waals surface area contributed by atoms with Crippen molar-refractivity contribution in [1.29, 1.82) is 0 Å². The summed E-state index contributed by atoms with van der Waals surface area (Å²) in [5, 5.41) is 0. The van der Waals surface area contributed by atoms with Crippen molar-refractivity contribution in [3.05, 3.63) is 29.8 Å². The lowest BCUT2D eigenvalue weighted by molar-refractivity contribution is 0.487. The predicted octanol–water partition coefficient (Wildman–Crippen LogP) is 8.59. The number of benzene rings is 1. The van der Waals surface area contributed by atoms with Crippen molar-refractivity contribution in [2.24, 2.45) is 0 Å². The summed E-state index contributed by atoms with van der Waals surface area (Å²) in [5.74, 6) is 0.495. The van der Waals surface area contributed by atoms with Gasteiger partial charge in [0.15, 0.2) is 0 Å². The van der Waals surface area contributed by atoms with E-state index < -0.39 is 10.1 Å². The third kappa shape index (κ3) is 14.7. The van der Waals surface area contributed by atoms with E-state index in [2.05, 4.69) is 6.92 Å². The molecule has 0 fully saturated rings. The van der Waals surface area contributed by atoms with Gasteiger partial charge >= 0.3 is 10.1 Å². The number of unbranched alkanes of at least 4 members (excludes halogenated alkanes) is 15. The Morgan fingerprint density at radius 1 is 0.700 bits per heavy atom. The minimum absolute atomic E-state index is 0.0296. The molecule has 0 bridgehead atoms. The second kappa shape index (κ2) is 18.3. The Balaban J connectivity index is 1.97. The highest BCUT2D eigenvalue weighted by Gasteiger charge is 2.13. The minimum Gasteiger partial charge on any atom is -0.382 e. The van der Waals surface area contributed by atoms with Crippen LogP contribution in [0.1, 0.15) is 115 Å². The molecule has 0 saturated carbocycles. The number of halogens is 1. The Bertz CT molecular complexity index is 631. The zero-order valence-corrected chi connectivity index (χ0v) is 22.0. The van der Waals surface area contributed by atoms with Gasteiger partial charge in [0.2, 0.25) is 0 Å². The molecule has 0 spiro atoms. The second-order valence-electron chi connectivity index (χ2n) is 8.41. The molecule has 1 aromatic rings. The molecule has 0 aromatic heterocycles. The maximum absolute atomic E-state index is 11.7. The third-order valence-electron chi connectivity index (χ3n) is 5.62. The van der Waals surface area contributed by atoms with Crippen LogP contribution in [0.4, 0.5) is 0 Å². The van der Waals surface area contributed by atoms with Gasteiger partial charge in [-0.05, 0) is 24.5 Å². The summed E-state index contributed by atoms with van der Waals surface area (Å²) >= 11 is 1.82. The molecule has 3 nitrogen and oxygen atoms in total. The smallest absolute Gasteiger partial charge is 0.318 e. The van der Waals surface area contributed by atoms with Crippen molar-refractivity contribution >= 4 is 32.7 Å². The predicted molar refractivity (Wildman–Crippen MR) is 138 cm³/mol. The highest BCUT2D eigenvalue weighted by molar-refractivity contribution is 14.1. The first-order valence-corrected chi connectivity index (χ1v) is 15.3. The van der Waals surface area contributed by atoms with E-state index in [1.165, 1.54) is 96.3 Å². The maximum atomic E-state index is 11.7. The fourth-order valence-corrected chi connectivity index (χ4v) is 4.68.